The van der Waals surface area contributed by atoms with E-state index in [1.54, 1.807) is 0 Å². The van der Waals surface area contributed by atoms with Crippen LogP contribution in [0.3, 0.4) is 0 Å². The molecule has 0 aromatic carbocycles. The van der Waals surface area contributed by atoms with Gasteiger partial charge in [0.15, 0.2) is 5.79 Å². The summed E-state index contributed by atoms with van der Waals surface area (Å²) in [4.78, 5) is 14.4. The molecule has 0 aromatic heterocycles. The van der Waals surface area contributed by atoms with Gasteiger partial charge < -0.3 is 19.1 Å². The van der Waals surface area contributed by atoms with Crippen LogP contribution in [0.5, 0.6) is 0 Å². The van der Waals surface area contributed by atoms with Crippen LogP contribution in [0.15, 0.2) is 48.6 Å². The van der Waals surface area contributed by atoms with Crippen LogP contribution in [0.4, 0.5) is 0 Å². The number of nitrogens with zero attached hydrogens (tertiary/aromatic N) is 1. The van der Waals surface area contributed by atoms with E-state index in [-0.39, 0.29) is 24.3 Å². The van der Waals surface area contributed by atoms with E-state index in [4.69, 9.17) is 14.2 Å². The van der Waals surface area contributed by atoms with Crippen molar-refractivity contribution in [3.63, 3.8) is 0 Å². The molecular weight excluding hydrogens is 618 g/mol. The highest BCUT2D eigenvalue weighted by atomic mass is 16.8. The third-order valence-electron chi connectivity index (χ3n) is 10.2. The Morgan fingerprint density at radius 1 is 0.600 bits per heavy atom. The van der Waals surface area contributed by atoms with Crippen molar-refractivity contribution in [1.29, 1.82) is 0 Å². The van der Waals surface area contributed by atoms with Crippen molar-refractivity contribution >= 4 is 5.97 Å². The Bertz CT molecular complexity index is 875. The van der Waals surface area contributed by atoms with Crippen molar-refractivity contribution < 1.29 is 19.0 Å². The largest absolute Gasteiger partial charge is 0.462 e. The molecule has 0 aromatic rings. The van der Waals surface area contributed by atoms with Gasteiger partial charge >= 0.3 is 5.97 Å². The summed E-state index contributed by atoms with van der Waals surface area (Å²) in [6.07, 6.45) is 50.1. The number of unbranched alkanes of at least 4 members (excludes halogenated alkanes) is 16. The van der Waals surface area contributed by atoms with Crippen LogP contribution in [0.25, 0.3) is 0 Å². The van der Waals surface area contributed by atoms with Crippen molar-refractivity contribution in [3.05, 3.63) is 48.6 Å². The second kappa shape index (κ2) is 29.8. The summed E-state index contributed by atoms with van der Waals surface area (Å²) in [5.74, 6) is -0.548. The lowest BCUT2D eigenvalue weighted by molar-refractivity contribution is -0.196. The van der Waals surface area contributed by atoms with E-state index >= 15 is 0 Å². The molecule has 2 rings (SSSR count). The van der Waals surface area contributed by atoms with Crippen LogP contribution in [-0.2, 0) is 19.0 Å². The molecule has 0 bridgehead atoms. The monoisotopic (exact) mass is 698 g/mol. The van der Waals surface area contributed by atoms with E-state index < -0.39 is 5.79 Å². The van der Waals surface area contributed by atoms with Crippen LogP contribution in [0, 0.1) is 0 Å². The van der Waals surface area contributed by atoms with Gasteiger partial charge in [0.05, 0.1) is 18.6 Å². The van der Waals surface area contributed by atoms with Gasteiger partial charge in [-0.2, -0.15) is 0 Å². The van der Waals surface area contributed by atoms with E-state index in [2.05, 4.69) is 62.5 Å². The zero-order chi connectivity index (χ0) is 36.0. The fraction of sp³-hybridized carbons (Fsp3) is 0.800. The molecule has 1 saturated heterocycles. The molecule has 0 spiro atoms. The molecule has 50 heavy (non-hydrogen) atoms. The third-order valence-corrected chi connectivity index (χ3v) is 10.2. The minimum Gasteiger partial charge on any atom is -0.462 e. The van der Waals surface area contributed by atoms with Crippen LogP contribution in [0.2, 0.25) is 0 Å². The van der Waals surface area contributed by atoms with Crippen LogP contribution in [-0.4, -0.2) is 55.6 Å². The normalized spacial score (nSPS) is 20.5. The summed E-state index contributed by atoms with van der Waals surface area (Å²) in [6.45, 7) is 5.22. The predicted molar refractivity (Wildman–Crippen MR) is 213 cm³/mol. The summed E-state index contributed by atoms with van der Waals surface area (Å²) >= 11 is 0. The van der Waals surface area contributed by atoms with Gasteiger partial charge in [-0.25, -0.2) is 0 Å². The highest BCUT2D eigenvalue weighted by Crippen LogP contribution is 2.44. The molecule has 0 radical (unpaired) electrons. The first-order valence-corrected chi connectivity index (χ1v) is 21.3. The van der Waals surface area contributed by atoms with Gasteiger partial charge in [0.25, 0.3) is 0 Å². The lowest BCUT2D eigenvalue weighted by Crippen LogP contribution is -2.33. The number of hydrogen-bond acceptors (Lipinski definition) is 5. The fourth-order valence-electron chi connectivity index (χ4n) is 7.15. The van der Waals surface area contributed by atoms with E-state index in [1.807, 2.05) is 19.0 Å². The van der Waals surface area contributed by atoms with Gasteiger partial charge in [-0.05, 0) is 78.3 Å². The van der Waals surface area contributed by atoms with Gasteiger partial charge in [0, 0.05) is 32.2 Å². The van der Waals surface area contributed by atoms with Crippen molar-refractivity contribution in [3.8, 4) is 0 Å². The van der Waals surface area contributed by atoms with Gasteiger partial charge in [0.2, 0.25) is 0 Å². The average molecular weight is 698 g/mol. The van der Waals surface area contributed by atoms with Gasteiger partial charge in [-0.15, -0.1) is 0 Å². The summed E-state index contributed by atoms with van der Waals surface area (Å²) < 4.78 is 19.4. The van der Waals surface area contributed by atoms with Crippen molar-refractivity contribution in [1.82, 2.24) is 4.90 Å². The van der Waals surface area contributed by atoms with Crippen LogP contribution < -0.4 is 0 Å². The van der Waals surface area contributed by atoms with E-state index in [1.165, 1.54) is 116 Å². The highest BCUT2D eigenvalue weighted by molar-refractivity contribution is 5.69. The smallest absolute Gasteiger partial charge is 0.307 e. The fourth-order valence-corrected chi connectivity index (χ4v) is 7.15. The molecular formula is C45H79NO4. The Labute approximate surface area is 309 Å². The number of allylic oxidation sites excluding steroid dienone is 8. The molecule has 0 amide bonds. The predicted octanol–water partition coefficient (Wildman–Crippen LogP) is 12.8. The second-order valence-corrected chi connectivity index (χ2v) is 15.3. The molecule has 1 heterocycles. The molecule has 1 saturated carbocycles. The summed E-state index contributed by atoms with van der Waals surface area (Å²) in [5, 5.41) is 0. The average Bonchev–Trinajstić information content (AvgIpc) is 3.62. The quantitative estimate of drug-likeness (QED) is 0.0398. The maximum atomic E-state index is 12.3. The SMILES string of the molecule is CCCC/C=C\C/C=C\CCCCCCCCC1(CCCCCCCC/C=C\C/C=C\CCCC)O[C@H]2CC(OC(=O)CCN(C)C)C[C@H]2O1. The molecule has 1 aliphatic heterocycles. The zero-order valence-corrected chi connectivity index (χ0v) is 33.2. The molecule has 2 fully saturated rings. The molecule has 0 N–H and O–H groups in total. The third kappa shape index (κ3) is 22.3. The van der Waals surface area contributed by atoms with Gasteiger partial charge in [-0.3, -0.25) is 4.79 Å². The van der Waals surface area contributed by atoms with Gasteiger partial charge in [0.1, 0.15) is 6.10 Å². The Morgan fingerprint density at radius 3 is 1.42 bits per heavy atom. The van der Waals surface area contributed by atoms with Crippen molar-refractivity contribution in [2.24, 2.45) is 0 Å². The molecule has 5 nitrogen and oxygen atoms in total. The van der Waals surface area contributed by atoms with E-state index in [0.29, 0.717) is 6.42 Å². The molecule has 288 valence electrons. The molecule has 2 aliphatic rings. The van der Waals surface area contributed by atoms with Gasteiger partial charge in [-0.1, -0.05) is 140 Å². The lowest BCUT2D eigenvalue weighted by atomic mass is 9.98. The Morgan fingerprint density at radius 2 is 1.00 bits per heavy atom. The highest BCUT2D eigenvalue weighted by Gasteiger charge is 2.52. The molecule has 1 aliphatic carbocycles. The second-order valence-electron chi connectivity index (χ2n) is 15.3. The summed E-state index contributed by atoms with van der Waals surface area (Å²) in [6, 6.07) is 0. The minimum atomic E-state index is -0.444. The summed E-state index contributed by atoms with van der Waals surface area (Å²) in [7, 11) is 3.97. The first kappa shape index (κ1) is 44.5. The maximum absolute atomic E-state index is 12.3. The van der Waals surface area contributed by atoms with Crippen molar-refractivity contribution in [2.45, 2.75) is 211 Å². The molecule has 3 atom stereocenters. The topological polar surface area (TPSA) is 48.0 Å². The number of esters is 1. The Balaban J connectivity index is 1.65. The number of ether oxygens (including phenoxy) is 3. The number of rotatable bonds is 32. The minimum absolute atomic E-state index is 0.0569. The van der Waals surface area contributed by atoms with Crippen LogP contribution in [0.1, 0.15) is 187 Å². The number of carbonyl (C=O) groups excluding carboxylic acids is 1. The first-order valence-electron chi connectivity index (χ1n) is 21.3. The number of fused-ring (bicyclic) bond motifs is 1. The molecule has 5 heteroatoms. The lowest BCUT2D eigenvalue weighted by Gasteiger charge is -2.30. The Kier molecular flexibility index (Phi) is 26.5. The Hall–Kier alpha value is -1.69. The van der Waals surface area contributed by atoms with E-state index in [0.717, 1.165) is 57.9 Å². The van der Waals surface area contributed by atoms with Crippen LogP contribution >= 0.6 is 0 Å². The molecule has 1 unspecified atom stereocenters. The standard InChI is InChI=1S/C45H79NO4/c1-5-7-9-11-13-15-17-19-21-23-25-27-29-31-33-36-45(37-34-32-30-28-26-24-22-20-18-16-14-12-10-8-6-2)49-42-39-41(40-43(42)50-45)48-44(47)35-38-46(3)4/h11-14,17-20,41-43H,5-10,15-16,21-40H2,1-4H3/b13-11-,14-12-,19-17-,20-18-/t41?,42-,43+. The van der Waals surface area contributed by atoms with Crippen molar-refractivity contribution in [2.75, 3.05) is 20.6 Å². The number of carbonyl (C=O) groups is 1. The van der Waals surface area contributed by atoms with E-state index in [9.17, 15) is 4.79 Å². The number of hydrogen-bond donors (Lipinski definition) is 0. The summed E-state index contributed by atoms with van der Waals surface area (Å²) in [5.41, 5.74) is 0. The first-order chi connectivity index (χ1) is 24.5. The maximum Gasteiger partial charge on any atom is 0.307 e. The zero-order valence-electron chi connectivity index (χ0n) is 33.2.